The number of primary amides is 1. The highest BCUT2D eigenvalue weighted by Crippen LogP contribution is 2.40. The standard InChI is InChI=1S/C24H26N6O3S/c1-15-5-4-6-17(13-15)26-23(33)18-7-2-3-8-19(18)27-21(32)14-34-24-29-28-22(16-9-10-16)30(24)12-11-20(25)31/h2-8,13,16H,9-12,14H2,1H3,(H2,25,31)(H,26,33)(H,27,32). The number of para-hydroxylation sites is 1. The van der Waals surface area contributed by atoms with Gasteiger partial charge in [-0.3, -0.25) is 14.4 Å². The molecule has 1 aromatic heterocycles. The Bertz CT molecular complexity index is 1220. The van der Waals surface area contributed by atoms with Gasteiger partial charge in [-0.15, -0.1) is 10.2 Å². The van der Waals surface area contributed by atoms with Crippen LogP contribution in [0, 0.1) is 6.92 Å². The topological polar surface area (TPSA) is 132 Å². The summed E-state index contributed by atoms with van der Waals surface area (Å²) < 4.78 is 1.88. The number of aromatic nitrogens is 3. The average Bonchev–Trinajstić information content (AvgIpc) is 3.56. The molecule has 1 aliphatic carbocycles. The van der Waals surface area contributed by atoms with Crippen LogP contribution < -0.4 is 16.4 Å². The second-order valence-corrected chi connectivity index (χ2v) is 9.13. The van der Waals surface area contributed by atoms with Gasteiger partial charge in [0, 0.05) is 24.6 Å². The molecule has 3 amide bonds. The quantitative estimate of drug-likeness (QED) is 0.383. The molecule has 4 rings (SSSR count). The summed E-state index contributed by atoms with van der Waals surface area (Å²) in [6.07, 6.45) is 2.27. The van der Waals surface area contributed by atoms with Crippen molar-refractivity contribution in [1.29, 1.82) is 0 Å². The van der Waals surface area contributed by atoms with E-state index in [0.29, 0.717) is 34.6 Å². The molecule has 9 nitrogen and oxygen atoms in total. The number of hydrogen-bond donors (Lipinski definition) is 3. The number of rotatable bonds is 10. The summed E-state index contributed by atoms with van der Waals surface area (Å²) in [4.78, 5) is 36.8. The predicted octanol–water partition coefficient (Wildman–Crippen LogP) is 3.32. The highest BCUT2D eigenvalue weighted by atomic mass is 32.2. The number of benzene rings is 2. The summed E-state index contributed by atoms with van der Waals surface area (Å²) in [6, 6.07) is 14.4. The Balaban J connectivity index is 1.40. The summed E-state index contributed by atoms with van der Waals surface area (Å²) in [5, 5.41) is 14.7. The first-order valence-corrected chi connectivity index (χ1v) is 12.0. The van der Waals surface area contributed by atoms with Gasteiger partial charge in [0.2, 0.25) is 11.8 Å². The van der Waals surface area contributed by atoms with Gasteiger partial charge in [-0.2, -0.15) is 0 Å². The van der Waals surface area contributed by atoms with Crippen LogP contribution in [0.4, 0.5) is 11.4 Å². The van der Waals surface area contributed by atoms with Gasteiger partial charge in [-0.25, -0.2) is 0 Å². The van der Waals surface area contributed by atoms with E-state index in [9.17, 15) is 14.4 Å². The average molecular weight is 479 g/mol. The fourth-order valence-electron chi connectivity index (χ4n) is 3.51. The first-order chi connectivity index (χ1) is 16.4. The molecule has 1 fully saturated rings. The van der Waals surface area contributed by atoms with Gasteiger partial charge in [0.05, 0.1) is 17.0 Å². The van der Waals surface area contributed by atoms with Gasteiger partial charge in [-0.05, 0) is 49.6 Å². The predicted molar refractivity (Wildman–Crippen MR) is 131 cm³/mol. The zero-order valence-electron chi connectivity index (χ0n) is 18.8. The van der Waals surface area contributed by atoms with Crippen LogP contribution in [0.15, 0.2) is 53.7 Å². The molecule has 0 atom stereocenters. The number of nitrogens with two attached hydrogens (primary N) is 1. The zero-order valence-corrected chi connectivity index (χ0v) is 19.6. The second-order valence-electron chi connectivity index (χ2n) is 8.19. The summed E-state index contributed by atoms with van der Waals surface area (Å²) in [5.41, 5.74) is 7.81. The van der Waals surface area contributed by atoms with Gasteiger partial charge in [-0.1, -0.05) is 36.0 Å². The number of aryl methyl sites for hydroxylation is 1. The molecule has 0 aliphatic heterocycles. The minimum Gasteiger partial charge on any atom is -0.370 e. The molecule has 10 heteroatoms. The molecule has 3 aromatic rings. The number of carbonyl (C=O) groups excluding carboxylic acids is 3. The zero-order chi connectivity index (χ0) is 24.1. The number of anilines is 2. The van der Waals surface area contributed by atoms with Crippen LogP contribution >= 0.6 is 11.8 Å². The van der Waals surface area contributed by atoms with Crippen molar-refractivity contribution in [3.63, 3.8) is 0 Å². The SMILES string of the molecule is Cc1cccc(NC(=O)c2ccccc2NC(=O)CSc2nnc(C3CC3)n2CCC(N)=O)c1. The lowest BCUT2D eigenvalue weighted by atomic mass is 10.1. The molecule has 34 heavy (non-hydrogen) atoms. The van der Waals surface area contributed by atoms with Crippen molar-refractivity contribution in [2.24, 2.45) is 5.73 Å². The highest BCUT2D eigenvalue weighted by Gasteiger charge is 2.30. The number of carbonyl (C=O) groups is 3. The van der Waals surface area contributed by atoms with E-state index < -0.39 is 5.91 Å². The van der Waals surface area contributed by atoms with Crippen molar-refractivity contribution in [1.82, 2.24) is 14.8 Å². The van der Waals surface area contributed by atoms with Gasteiger partial charge < -0.3 is 20.9 Å². The normalized spacial score (nSPS) is 12.9. The van der Waals surface area contributed by atoms with Crippen molar-refractivity contribution in [3.05, 3.63) is 65.5 Å². The molecule has 0 spiro atoms. The Labute approximate surface area is 201 Å². The van der Waals surface area contributed by atoms with Crippen LogP contribution in [0.1, 0.15) is 46.9 Å². The van der Waals surface area contributed by atoms with Gasteiger partial charge in [0.25, 0.3) is 5.91 Å². The summed E-state index contributed by atoms with van der Waals surface area (Å²) in [7, 11) is 0. The van der Waals surface area contributed by atoms with Crippen molar-refractivity contribution in [2.75, 3.05) is 16.4 Å². The van der Waals surface area contributed by atoms with Crippen molar-refractivity contribution < 1.29 is 14.4 Å². The van der Waals surface area contributed by atoms with Crippen LogP contribution in [0.5, 0.6) is 0 Å². The molecule has 2 aromatic carbocycles. The molecule has 0 unspecified atom stereocenters. The smallest absolute Gasteiger partial charge is 0.257 e. The van der Waals surface area contributed by atoms with E-state index >= 15 is 0 Å². The number of thioether (sulfide) groups is 1. The molecule has 1 saturated carbocycles. The van der Waals surface area contributed by atoms with E-state index in [0.717, 1.165) is 24.2 Å². The lowest BCUT2D eigenvalue weighted by Crippen LogP contribution is -2.20. The third kappa shape index (κ3) is 6.02. The van der Waals surface area contributed by atoms with E-state index in [2.05, 4.69) is 20.8 Å². The Morgan fingerprint density at radius 1 is 1.09 bits per heavy atom. The maximum atomic E-state index is 12.8. The summed E-state index contributed by atoms with van der Waals surface area (Å²) in [6.45, 7) is 2.34. The first-order valence-electron chi connectivity index (χ1n) is 11.0. The summed E-state index contributed by atoms with van der Waals surface area (Å²) in [5.74, 6) is 0.273. The minimum atomic E-state index is -0.398. The molecule has 176 valence electrons. The molecule has 1 heterocycles. The Kier molecular flexibility index (Phi) is 7.27. The van der Waals surface area contributed by atoms with Gasteiger partial charge in [0.15, 0.2) is 5.16 Å². The number of amides is 3. The fraction of sp³-hybridized carbons (Fsp3) is 0.292. The Morgan fingerprint density at radius 3 is 2.62 bits per heavy atom. The van der Waals surface area contributed by atoms with Crippen LogP contribution in [0.3, 0.4) is 0 Å². The van der Waals surface area contributed by atoms with Crippen LogP contribution in [0.2, 0.25) is 0 Å². The second kappa shape index (κ2) is 10.5. The number of hydrogen-bond acceptors (Lipinski definition) is 6. The van der Waals surface area contributed by atoms with Crippen molar-refractivity contribution in [3.8, 4) is 0 Å². The largest absolute Gasteiger partial charge is 0.370 e. The van der Waals surface area contributed by atoms with E-state index in [-0.39, 0.29) is 24.0 Å². The lowest BCUT2D eigenvalue weighted by molar-refractivity contribution is -0.118. The van der Waals surface area contributed by atoms with Crippen LogP contribution in [-0.2, 0) is 16.1 Å². The molecular weight excluding hydrogens is 452 g/mol. The van der Waals surface area contributed by atoms with Crippen LogP contribution in [-0.4, -0.2) is 38.2 Å². The molecule has 0 saturated heterocycles. The number of nitrogens with one attached hydrogen (secondary N) is 2. The monoisotopic (exact) mass is 478 g/mol. The lowest BCUT2D eigenvalue weighted by Gasteiger charge is -2.12. The van der Waals surface area contributed by atoms with E-state index in [1.165, 1.54) is 11.8 Å². The van der Waals surface area contributed by atoms with E-state index in [1.54, 1.807) is 24.3 Å². The third-order valence-corrected chi connectivity index (χ3v) is 6.29. The fourth-order valence-corrected chi connectivity index (χ4v) is 4.28. The number of nitrogens with zero attached hydrogens (tertiary/aromatic N) is 3. The van der Waals surface area contributed by atoms with Crippen LogP contribution in [0.25, 0.3) is 0 Å². The maximum Gasteiger partial charge on any atom is 0.257 e. The molecule has 0 radical (unpaired) electrons. The van der Waals surface area contributed by atoms with Crippen molar-refractivity contribution >= 4 is 40.9 Å². The summed E-state index contributed by atoms with van der Waals surface area (Å²) >= 11 is 1.24. The van der Waals surface area contributed by atoms with E-state index in [4.69, 9.17) is 5.73 Å². The maximum absolute atomic E-state index is 12.8. The molecule has 4 N–H and O–H groups in total. The van der Waals surface area contributed by atoms with Gasteiger partial charge in [0.1, 0.15) is 5.82 Å². The Hall–Kier alpha value is -3.66. The molecule has 0 bridgehead atoms. The van der Waals surface area contributed by atoms with Crippen molar-refractivity contribution in [2.45, 2.75) is 43.8 Å². The Morgan fingerprint density at radius 2 is 1.88 bits per heavy atom. The first kappa shape index (κ1) is 23.5. The third-order valence-electron chi connectivity index (χ3n) is 5.32. The van der Waals surface area contributed by atoms with Gasteiger partial charge >= 0.3 is 0 Å². The molecular formula is C24H26N6O3S. The van der Waals surface area contributed by atoms with E-state index in [1.807, 2.05) is 35.8 Å². The minimum absolute atomic E-state index is 0.0766. The molecule has 1 aliphatic rings. The highest BCUT2D eigenvalue weighted by molar-refractivity contribution is 7.99.